The lowest BCUT2D eigenvalue weighted by atomic mass is 10.0. The lowest BCUT2D eigenvalue weighted by Crippen LogP contribution is -2.65. The minimum absolute atomic E-state index is 0.467. The van der Waals surface area contributed by atoms with Crippen LogP contribution in [0.3, 0.4) is 0 Å². The highest BCUT2D eigenvalue weighted by Crippen LogP contribution is 2.31. The topological polar surface area (TPSA) is 24.5 Å². The first kappa shape index (κ1) is 18.5. The standard InChI is InChI=1S/C15H34N2OSSi/c1-7-8-14(19)13(3)15(20(5,6)18-4)17-10-9-16-11-12(17)2/h12-16,19H,7-11H2,1-6H3. The first-order chi connectivity index (χ1) is 9.35. The molecule has 0 amide bonds. The molecule has 0 bridgehead atoms. The fraction of sp³-hybridized carbons (Fsp3) is 1.00. The molecule has 1 aliphatic heterocycles. The summed E-state index contributed by atoms with van der Waals surface area (Å²) in [7, 11) is 0.153. The van der Waals surface area contributed by atoms with E-state index < -0.39 is 8.32 Å². The van der Waals surface area contributed by atoms with Crippen LogP contribution in [0.25, 0.3) is 0 Å². The van der Waals surface area contributed by atoms with E-state index in [4.69, 9.17) is 17.1 Å². The van der Waals surface area contributed by atoms with Crippen molar-refractivity contribution in [1.29, 1.82) is 0 Å². The van der Waals surface area contributed by atoms with Crippen LogP contribution in [0.1, 0.15) is 33.6 Å². The summed E-state index contributed by atoms with van der Waals surface area (Å²) in [4.78, 5) is 2.69. The maximum atomic E-state index is 5.99. The molecular formula is C15H34N2OSSi. The average Bonchev–Trinajstić information content (AvgIpc) is 2.41. The van der Waals surface area contributed by atoms with E-state index in [-0.39, 0.29) is 0 Å². The second-order valence-electron chi connectivity index (χ2n) is 6.76. The first-order valence-electron chi connectivity index (χ1n) is 8.04. The Labute approximate surface area is 132 Å². The van der Waals surface area contributed by atoms with Gasteiger partial charge < -0.3 is 9.74 Å². The summed E-state index contributed by atoms with van der Waals surface area (Å²) in [6.07, 6.45) is 2.40. The van der Waals surface area contributed by atoms with Crippen LogP contribution >= 0.6 is 12.6 Å². The number of thiol groups is 1. The molecule has 4 atom stereocenters. The molecule has 1 aliphatic rings. The molecule has 120 valence electrons. The van der Waals surface area contributed by atoms with Crippen molar-refractivity contribution >= 4 is 20.9 Å². The lowest BCUT2D eigenvalue weighted by Gasteiger charge is -2.49. The lowest BCUT2D eigenvalue weighted by molar-refractivity contribution is 0.108. The molecular weight excluding hydrogens is 284 g/mol. The molecule has 0 aliphatic carbocycles. The third-order valence-corrected chi connectivity index (χ3v) is 8.90. The highest BCUT2D eigenvalue weighted by molar-refractivity contribution is 7.81. The first-order valence-corrected chi connectivity index (χ1v) is 11.5. The SMILES string of the molecule is CCCC(S)C(C)C(N1CCNCC1C)[Si](C)(C)OC. The molecule has 1 saturated heterocycles. The van der Waals surface area contributed by atoms with Gasteiger partial charge in [0.05, 0.1) is 0 Å². The van der Waals surface area contributed by atoms with Gasteiger partial charge in [-0.3, -0.25) is 4.90 Å². The highest BCUT2D eigenvalue weighted by atomic mass is 32.1. The van der Waals surface area contributed by atoms with Crippen LogP contribution in [0.4, 0.5) is 0 Å². The number of piperazine rings is 1. The van der Waals surface area contributed by atoms with Crippen LogP contribution in [-0.4, -0.2) is 56.9 Å². The van der Waals surface area contributed by atoms with E-state index in [1.807, 2.05) is 7.11 Å². The summed E-state index contributed by atoms with van der Waals surface area (Å²) >= 11 is 4.89. The number of rotatable bonds is 7. The van der Waals surface area contributed by atoms with E-state index in [1.54, 1.807) is 0 Å². The minimum atomic E-state index is -1.74. The Morgan fingerprint density at radius 1 is 1.45 bits per heavy atom. The Kier molecular flexibility index (Phi) is 7.56. The molecule has 4 unspecified atom stereocenters. The van der Waals surface area contributed by atoms with Crippen molar-refractivity contribution in [1.82, 2.24) is 10.2 Å². The van der Waals surface area contributed by atoms with Crippen molar-refractivity contribution in [3.05, 3.63) is 0 Å². The molecule has 0 radical (unpaired) electrons. The van der Waals surface area contributed by atoms with E-state index in [2.05, 4.69) is 44.1 Å². The largest absolute Gasteiger partial charge is 0.419 e. The molecule has 0 spiro atoms. The van der Waals surface area contributed by atoms with E-state index in [1.165, 1.54) is 12.8 Å². The monoisotopic (exact) mass is 318 g/mol. The van der Waals surface area contributed by atoms with E-state index >= 15 is 0 Å². The van der Waals surface area contributed by atoms with Gasteiger partial charge in [0.2, 0.25) is 8.32 Å². The Hall–Kier alpha value is 0.447. The fourth-order valence-electron chi connectivity index (χ4n) is 3.49. The third kappa shape index (κ3) is 4.47. The van der Waals surface area contributed by atoms with E-state index in [0.717, 1.165) is 19.6 Å². The van der Waals surface area contributed by atoms with Crippen LogP contribution in [0.5, 0.6) is 0 Å². The van der Waals surface area contributed by atoms with Crippen molar-refractivity contribution in [2.75, 3.05) is 26.7 Å². The van der Waals surface area contributed by atoms with Gasteiger partial charge in [0.1, 0.15) is 0 Å². The van der Waals surface area contributed by atoms with Crippen molar-refractivity contribution in [2.24, 2.45) is 5.92 Å². The van der Waals surface area contributed by atoms with E-state index in [0.29, 0.717) is 22.9 Å². The highest BCUT2D eigenvalue weighted by Gasteiger charge is 2.44. The third-order valence-electron chi connectivity index (χ3n) is 4.84. The summed E-state index contributed by atoms with van der Waals surface area (Å²) in [6.45, 7) is 15.0. The van der Waals surface area contributed by atoms with Gasteiger partial charge in [-0.15, -0.1) is 0 Å². The van der Waals surface area contributed by atoms with E-state index in [9.17, 15) is 0 Å². The van der Waals surface area contributed by atoms with Crippen LogP contribution in [0, 0.1) is 5.92 Å². The molecule has 5 heteroatoms. The zero-order chi connectivity index (χ0) is 15.3. The molecule has 1 heterocycles. The Balaban J connectivity index is 2.95. The molecule has 0 aromatic carbocycles. The predicted octanol–water partition coefficient (Wildman–Crippen LogP) is 2.77. The van der Waals surface area contributed by atoms with Gasteiger partial charge in [0.15, 0.2) is 0 Å². The zero-order valence-electron chi connectivity index (χ0n) is 14.1. The Bertz CT molecular complexity index is 291. The summed E-state index contributed by atoms with van der Waals surface area (Å²) in [5, 5.41) is 3.96. The molecule has 1 fully saturated rings. The molecule has 0 aromatic heterocycles. The molecule has 1 N–H and O–H groups in total. The van der Waals surface area contributed by atoms with Crippen LogP contribution in [-0.2, 0) is 4.43 Å². The Morgan fingerprint density at radius 3 is 2.60 bits per heavy atom. The molecule has 0 aromatic rings. The molecule has 3 nitrogen and oxygen atoms in total. The van der Waals surface area contributed by atoms with Crippen molar-refractivity contribution in [2.45, 2.75) is 63.7 Å². The van der Waals surface area contributed by atoms with Crippen LogP contribution < -0.4 is 5.32 Å². The quantitative estimate of drug-likeness (QED) is 0.558. The summed E-state index contributed by atoms with van der Waals surface area (Å²) in [6, 6.07) is 0.584. The summed E-state index contributed by atoms with van der Waals surface area (Å²) in [5.74, 6) is 0.570. The fourth-order valence-corrected chi connectivity index (χ4v) is 7.00. The van der Waals surface area contributed by atoms with Crippen LogP contribution in [0.15, 0.2) is 0 Å². The Morgan fingerprint density at radius 2 is 2.10 bits per heavy atom. The summed E-state index contributed by atoms with van der Waals surface area (Å²) < 4.78 is 5.99. The smallest absolute Gasteiger partial charge is 0.203 e. The predicted molar refractivity (Wildman–Crippen MR) is 94.2 cm³/mol. The van der Waals surface area contributed by atoms with Gasteiger partial charge in [-0.2, -0.15) is 12.6 Å². The molecule has 0 saturated carbocycles. The number of nitrogens with one attached hydrogen (secondary N) is 1. The maximum Gasteiger partial charge on any atom is 0.203 e. The van der Waals surface area contributed by atoms with Crippen LogP contribution in [0.2, 0.25) is 13.1 Å². The summed E-state index contributed by atoms with van der Waals surface area (Å²) in [5.41, 5.74) is 0.540. The zero-order valence-corrected chi connectivity index (χ0v) is 16.0. The number of nitrogens with zero attached hydrogens (tertiary/aromatic N) is 1. The van der Waals surface area contributed by atoms with Crippen molar-refractivity contribution < 1.29 is 4.43 Å². The van der Waals surface area contributed by atoms with Gasteiger partial charge >= 0.3 is 0 Å². The van der Waals surface area contributed by atoms with Gasteiger partial charge in [-0.25, -0.2) is 0 Å². The van der Waals surface area contributed by atoms with Gasteiger partial charge in [0, 0.05) is 43.7 Å². The average molecular weight is 319 g/mol. The van der Waals surface area contributed by atoms with Crippen molar-refractivity contribution in [3.63, 3.8) is 0 Å². The second kappa shape index (κ2) is 8.18. The molecule has 20 heavy (non-hydrogen) atoms. The minimum Gasteiger partial charge on any atom is -0.419 e. The maximum absolute atomic E-state index is 5.99. The normalized spacial score (nSPS) is 26.2. The van der Waals surface area contributed by atoms with Gasteiger partial charge in [0.25, 0.3) is 0 Å². The molecule has 1 rings (SSSR count). The van der Waals surface area contributed by atoms with Crippen molar-refractivity contribution in [3.8, 4) is 0 Å². The van der Waals surface area contributed by atoms with Gasteiger partial charge in [-0.1, -0.05) is 20.3 Å². The number of hydrogen-bond acceptors (Lipinski definition) is 4. The number of hydrogen-bond donors (Lipinski definition) is 2. The van der Waals surface area contributed by atoms with Gasteiger partial charge in [-0.05, 0) is 32.4 Å². The second-order valence-corrected chi connectivity index (χ2v) is 11.6.